The van der Waals surface area contributed by atoms with Gasteiger partial charge in [0.1, 0.15) is 5.75 Å². The number of methoxy groups -OCH3 is 1. The van der Waals surface area contributed by atoms with Gasteiger partial charge in [0, 0.05) is 0 Å². The number of amides is 1. The molecule has 0 spiro atoms. The van der Waals surface area contributed by atoms with Crippen molar-refractivity contribution >= 4 is 40.5 Å². The predicted molar refractivity (Wildman–Crippen MR) is 77.2 cm³/mol. The van der Waals surface area contributed by atoms with Gasteiger partial charge < -0.3 is 15.2 Å². The summed E-state index contributed by atoms with van der Waals surface area (Å²) in [6, 6.07) is 7.44. The van der Waals surface area contributed by atoms with Gasteiger partial charge in [-0.1, -0.05) is 11.6 Å². The van der Waals surface area contributed by atoms with E-state index in [0.29, 0.717) is 20.7 Å². The standard InChI is InChI=1S/C13H10ClNO4S/c1-19-9-3-2-7(13(17)18)6-8(9)15-12(16)10-4-5-11(14)20-10/h2-6H,1H3,(H,15,16)(H,17,18). The highest BCUT2D eigenvalue weighted by molar-refractivity contribution is 7.18. The van der Waals surface area contributed by atoms with Gasteiger partial charge in [0.15, 0.2) is 0 Å². The molecule has 0 bridgehead atoms. The predicted octanol–water partition coefficient (Wildman–Crippen LogP) is 3.36. The number of ether oxygens (including phenoxy) is 1. The number of benzene rings is 1. The van der Waals surface area contributed by atoms with E-state index in [0.717, 1.165) is 11.3 Å². The lowest BCUT2D eigenvalue weighted by molar-refractivity contribution is 0.0696. The van der Waals surface area contributed by atoms with Gasteiger partial charge in [0.05, 0.1) is 27.6 Å². The second-order valence-corrected chi connectivity index (χ2v) is 5.49. The van der Waals surface area contributed by atoms with Crippen LogP contribution in [0.15, 0.2) is 30.3 Å². The molecule has 0 fully saturated rings. The zero-order valence-electron chi connectivity index (χ0n) is 10.3. The van der Waals surface area contributed by atoms with Crippen molar-refractivity contribution < 1.29 is 19.4 Å². The zero-order valence-corrected chi connectivity index (χ0v) is 11.9. The van der Waals surface area contributed by atoms with Crippen molar-refractivity contribution in [2.24, 2.45) is 0 Å². The Morgan fingerprint density at radius 3 is 2.60 bits per heavy atom. The summed E-state index contributed by atoms with van der Waals surface area (Å²) in [7, 11) is 1.44. The molecule has 1 heterocycles. The highest BCUT2D eigenvalue weighted by Crippen LogP contribution is 2.28. The summed E-state index contributed by atoms with van der Waals surface area (Å²) >= 11 is 6.90. The molecule has 1 aromatic carbocycles. The lowest BCUT2D eigenvalue weighted by atomic mass is 10.2. The number of hydrogen-bond donors (Lipinski definition) is 2. The van der Waals surface area contributed by atoms with Crippen LogP contribution < -0.4 is 10.1 Å². The summed E-state index contributed by atoms with van der Waals surface area (Å²) in [4.78, 5) is 23.4. The Kier molecular flexibility index (Phi) is 4.26. The number of nitrogens with one attached hydrogen (secondary N) is 1. The SMILES string of the molecule is COc1ccc(C(=O)O)cc1NC(=O)c1ccc(Cl)s1. The lowest BCUT2D eigenvalue weighted by Gasteiger charge is -2.10. The third-order valence-electron chi connectivity index (χ3n) is 2.49. The molecule has 0 atom stereocenters. The first kappa shape index (κ1) is 14.4. The minimum Gasteiger partial charge on any atom is -0.495 e. The van der Waals surface area contributed by atoms with Gasteiger partial charge in [-0.05, 0) is 30.3 Å². The van der Waals surface area contributed by atoms with Crippen LogP contribution in [-0.4, -0.2) is 24.1 Å². The van der Waals surface area contributed by atoms with Crippen LogP contribution >= 0.6 is 22.9 Å². The number of carboxylic acid groups (broad SMARTS) is 1. The number of anilines is 1. The Bertz CT molecular complexity index is 668. The molecule has 1 amide bonds. The smallest absolute Gasteiger partial charge is 0.335 e. The minimum atomic E-state index is -1.08. The van der Waals surface area contributed by atoms with E-state index in [2.05, 4.69) is 5.32 Å². The Labute approximate surface area is 123 Å². The maximum Gasteiger partial charge on any atom is 0.335 e. The van der Waals surface area contributed by atoms with Gasteiger partial charge in [0.2, 0.25) is 0 Å². The number of aromatic carboxylic acids is 1. The van der Waals surface area contributed by atoms with E-state index in [1.54, 1.807) is 12.1 Å². The molecule has 0 radical (unpaired) electrons. The van der Waals surface area contributed by atoms with Gasteiger partial charge in [-0.2, -0.15) is 0 Å². The van der Waals surface area contributed by atoms with E-state index in [9.17, 15) is 9.59 Å². The highest BCUT2D eigenvalue weighted by atomic mass is 35.5. The molecule has 2 N–H and O–H groups in total. The van der Waals surface area contributed by atoms with Crippen molar-refractivity contribution in [3.8, 4) is 5.75 Å². The summed E-state index contributed by atoms with van der Waals surface area (Å²) < 4.78 is 5.59. The third-order valence-corrected chi connectivity index (χ3v) is 3.72. The summed E-state index contributed by atoms with van der Waals surface area (Å²) in [5.41, 5.74) is 0.354. The van der Waals surface area contributed by atoms with Crippen LogP contribution in [0.3, 0.4) is 0 Å². The van der Waals surface area contributed by atoms with Gasteiger partial charge in [-0.3, -0.25) is 4.79 Å². The second-order valence-electron chi connectivity index (χ2n) is 3.78. The first-order valence-corrected chi connectivity index (χ1v) is 6.68. The van der Waals surface area contributed by atoms with Crippen molar-refractivity contribution in [2.75, 3.05) is 12.4 Å². The number of carbonyl (C=O) groups is 2. The molecule has 20 heavy (non-hydrogen) atoms. The molecule has 0 saturated carbocycles. The number of halogens is 1. The molecular weight excluding hydrogens is 302 g/mol. The maximum atomic E-state index is 12.0. The van der Waals surface area contributed by atoms with Crippen LogP contribution in [-0.2, 0) is 0 Å². The molecule has 0 aliphatic heterocycles. The summed E-state index contributed by atoms with van der Waals surface area (Å²) in [5.74, 6) is -1.07. The first-order valence-electron chi connectivity index (χ1n) is 5.49. The van der Waals surface area contributed by atoms with Crippen LogP contribution in [0.4, 0.5) is 5.69 Å². The number of rotatable bonds is 4. The molecule has 2 rings (SSSR count). The van der Waals surface area contributed by atoms with Crippen LogP contribution in [0, 0.1) is 0 Å². The topological polar surface area (TPSA) is 75.6 Å². The molecule has 0 aliphatic carbocycles. The Morgan fingerprint density at radius 2 is 2.05 bits per heavy atom. The third kappa shape index (κ3) is 3.09. The molecule has 0 unspecified atom stereocenters. The van der Waals surface area contributed by atoms with Crippen LogP contribution in [0.2, 0.25) is 4.34 Å². The Balaban J connectivity index is 2.29. The average molecular weight is 312 g/mol. The average Bonchev–Trinajstić information content (AvgIpc) is 2.85. The quantitative estimate of drug-likeness (QED) is 0.907. The largest absolute Gasteiger partial charge is 0.495 e. The molecular formula is C13H10ClNO4S. The van der Waals surface area contributed by atoms with Crippen LogP contribution in [0.5, 0.6) is 5.75 Å². The van der Waals surface area contributed by atoms with E-state index < -0.39 is 5.97 Å². The van der Waals surface area contributed by atoms with Gasteiger partial charge in [-0.25, -0.2) is 4.79 Å². The van der Waals surface area contributed by atoms with Gasteiger partial charge >= 0.3 is 5.97 Å². The van der Waals surface area contributed by atoms with Crippen LogP contribution in [0.25, 0.3) is 0 Å². The molecule has 5 nitrogen and oxygen atoms in total. The Hall–Kier alpha value is -2.05. The number of thiophene rings is 1. The van der Waals surface area contributed by atoms with Gasteiger partial charge in [-0.15, -0.1) is 11.3 Å². The second kappa shape index (κ2) is 5.94. The van der Waals surface area contributed by atoms with Crippen LogP contribution in [0.1, 0.15) is 20.0 Å². The van der Waals surface area contributed by atoms with E-state index in [1.165, 1.54) is 25.3 Å². The monoisotopic (exact) mass is 311 g/mol. The van der Waals surface area contributed by atoms with Crippen molar-refractivity contribution in [3.63, 3.8) is 0 Å². The van der Waals surface area contributed by atoms with Crippen molar-refractivity contribution in [1.82, 2.24) is 0 Å². The minimum absolute atomic E-state index is 0.0605. The highest BCUT2D eigenvalue weighted by Gasteiger charge is 2.14. The van der Waals surface area contributed by atoms with E-state index >= 15 is 0 Å². The van der Waals surface area contributed by atoms with Crippen molar-refractivity contribution in [1.29, 1.82) is 0 Å². The zero-order chi connectivity index (χ0) is 14.7. The maximum absolute atomic E-state index is 12.0. The number of hydrogen-bond acceptors (Lipinski definition) is 4. The normalized spacial score (nSPS) is 10.1. The number of carbonyl (C=O) groups excluding carboxylic acids is 1. The summed E-state index contributed by atoms with van der Waals surface area (Å²) in [6.45, 7) is 0. The van der Waals surface area contributed by atoms with E-state index in [-0.39, 0.29) is 11.5 Å². The lowest BCUT2D eigenvalue weighted by Crippen LogP contribution is -2.12. The number of carboxylic acids is 1. The Morgan fingerprint density at radius 1 is 1.30 bits per heavy atom. The first-order chi connectivity index (χ1) is 9.51. The van der Waals surface area contributed by atoms with E-state index in [4.69, 9.17) is 21.4 Å². The fourth-order valence-electron chi connectivity index (χ4n) is 1.56. The van der Waals surface area contributed by atoms with Gasteiger partial charge in [0.25, 0.3) is 5.91 Å². The fourth-order valence-corrected chi connectivity index (χ4v) is 2.50. The van der Waals surface area contributed by atoms with E-state index in [1.807, 2.05) is 0 Å². The molecule has 0 saturated heterocycles. The molecule has 2 aromatic rings. The molecule has 0 aliphatic rings. The molecule has 1 aromatic heterocycles. The summed E-state index contributed by atoms with van der Waals surface area (Å²) in [6.07, 6.45) is 0. The van der Waals surface area contributed by atoms with Crippen molar-refractivity contribution in [3.05, 3.63) is 45.1 Å². The fraction of sp³-hybridized carbons (Fsp3) is 0.0769. The summed E-state index contributed by atoms with van der Waals surface area (Å²) in [5, 5.41) is 11.6. The molecule has 7 heteroatoms. The molecule has 104 valence electrons. The van der Waals surface area contributed by atoms with Crippen molar-refractivity contribution in [2.45, 2.75) is 0 Å².